The SMILES string of the molecule is Fc1ccc(Cl)c(COc2ccccc2Cl)c1. The Morgan fingerprint density at radius 2 is 1.76 bits per heavy atom. The smallest absolute Gasteiger partial charge is 0.138 e. The molecule has 4 heteroatoms. The van der Waals surface area contributed by atoms with Crippen LogP contribution in [0.4, 0.5) is 4.39 Å². The van der Waals surface area contributed by atoms with Gasteiger partial charge in [0.15, 0.2) is 0 Å². The summed E-state index contributed by atoms with van der Waals surface area (Å²) in [5.74, 6) is 0.210. The minimum absolute atomic E-state index is 0.181. The topological polar surface area (TPSA) is 9.23 Å². The normalized spacial score (nSPS) is 10.3. The van der Waals surface area contributed by atoms with Gasteiger partial charge >= 0.3 is 0 Å². The molecular formula is C13H9Cl2FO. The highest BCUT2D eigenvalue weighted by Gasteiger charge is 2.05. The van der Waals surface area contributed by atoms with Gasteiger partial charge in [-0.15, -0.1) is 0 Å². The van der Waals surface area contributed by atoms with Crippen LogP contribution in [0.1, 0.15) is 5.56 Å². The first-order valence-corrected chi connectivity index (χ1v) is 5.73. The molecule has 0 aliphatic rings. The van der Waals surface area contributed by atoms with Crippen molar-refractivity contribution in [1.29, 1.82) is 0 Å². The average Bonchev–Trinajstić information content (AvgIpc) is 2.32. The second-order valence-electron chi connectivity index (χ2n) is 3.45. The van der Waals surface area contributed by atoms with E-state index in [1.807, 2.05) is 12.1 Å². The average molecular weight is 271 g/mol. The van der Waals surface area contributed by atoms with Crippen molar-refractivity contribution in [1.82, 2.24) is 0 Å². The zero-order chi connectivity index (χ0) is 12.3. The molecule has 0 atom stereocenters. The maximum absolute atomic E-state index is 13.0. The molecule has 0 spiro atoms. The molecule has 0 N–H and O–H groups in total. The fourth-order valence-corrected chi connectivity index (χ4v) is 1.73. The van der Waals surface area contributed by atoms with Crippen molar-refractivity contribution in [3.8, 4) is 5.75 Å². The molecule has 0 aliphatic heterocycles. The van der Waals surface area contributed by atoms with Crippen LogP contribution in [0.3, 0.4) is 0 Å². The summed E-state index contributed by atoms with van der Waals surface area (Å²) in [5, 5.41) is 0.985. The summed E-state index contributed by atoms with van der Waals surface area (Å²) in [5.41, 5.74) is 0.589. The fourth-order valence-electron chi connectivity index (χ4n) is 1.37. The number of hydrogen-bond donors (Lipinski definition) is 0. The molecule has 0 saturated carbocycles. The molecule has 88 valence electrons. The van der Waals surface area contributed by atoms with E-state index in [1.54, 1.807) is 12.1 Å². The molecule has 0 amide bonds. The van der Waals surface area contributed by atoms with E-state index in [0.717, 1.165) is 0 Å². The highest BCUT2D eigenvalue weighted by Crippen LogP contribution is 2.25. The lowest BCUT2D eigenvalue weighted by Crippen LogP contribution is -1.97. The molecule has 17 heavy (non-hydrogen) atoms. The van der Waals surface area contributed by atoms with Gasteiger partial charge in [0, 0.05) is 10.6 Å². The summed E-state index contributed by atoms with van der Waals surface area (Å²) in [6, 6.07) is 11.3. The van der Waals surface area contributed by atoms with Gasteiger partial charge in [-0.05, 0) is 30.3 Å². The summed E-state index contributed by atoms with van der Waals surface area (Å²) in [6.07, 6.45) is 0. The lowest BCUT2D eigenvalue weighted by molar-refractivity contribution is 0.306. The summed E-state index contributed by atoms with van der Waals surface area (Å²) >= 11 is 11.9. The summed E-state index contributed by atoms with van der Waals surface area (Å²) in [7, 11) is 0. The first kappa shape index (κ1) is 12.2. The van der Waals surface area contributed by atoms with Crippen LogP contribution in [0, 0.1) is 5.82 Å². The van der Waals surface area contributed by atoms with Gasteiger partial charge in [-0.3, -0.25) is 0 Å². The molecule has 0 bridgehead atoms. The highest BCUT2D eigenvalue weighted by atomic mass is 35.5. The van der Waals surface area contributed by atoms with Crippen LogP contribution >= 0.6 is 23.2 Å². The maximum Gasteiger partial charge on any atom is 0.138 e. The van der Waals surface area contributed by atoms with Crippen molar-refractivity contribution >= 4 is 23.2 Å². The largest absolute Gasteiger partial charge is 0.487 e. The maximum atomic E-state index is 13.0. The van der Waals surface area contributed by atoms with Gasteiger partial charge < -0.3 is 4.74 Å². The van der Waals surface area contributed by atoms with Gasteiger partial charge in [0.1, 0.15) is 18.2 Å². The van der Waals surface area contributed by atoms with E-state index in [-0.39, 0.29) is 12.4 Å². The van der Waals surface area contributed by atoms with E-state index in [4.69, 9.17) is 27.9 Å². The Bertz CT molecular complexity index is 529. The molecule has 0 saturated heterocycles. The molecule has 0 aromatic heterocycles. The van der Waals surface area contributed by atoms with Crippen LogP contribution in [0.5, 0.6) is 5.75 Å². The fraction of sp³-hybridized carbons (Fsp3) is 0.0769. The van der Waals surface area contributed by atoms with Crippen LogP contribution in [0.15, 0.2) is 42.5 Å². The molecule has 2 aromatic carbocycles. The van der Waals surface area contributed by atoms with Crippen molar-refractivity contribution in [2.45, 2.75) is 6.61 Å². The Balaban J connectivity index is 2.12. The second-order valence-corrected chi connectivity index (χ2v) is 4.27. The Morgan fingerprint density at radius 3 is 2.53 bits per heavy atom. The molecule has 0 fully saturated rings. The molecule has 1 nitrogen and oxygen atoms in total. The summed E-state index contributed by atoms with van der Waals surface area (Å²) in [6.45, 7) is 0.181. The Morgan fingerprint density at radius 1 is 1.00 bits per heavy atom. The van der Waals surface area contributed by atoms with E-state index in [0.29, 0.717) is 21.4 Å². The lowest BCUT2D eigenvalue weighted by Gasteiger charge is -2.09. The first-order chi connectivity index (χ1) is 8.16. The van der Waals surface area contributed by atoms with E-state index < -0.39 is 0 Å². The molecule has 0 unspecified atom stereocenters. The number of para-hydroxylation sites is 1. The van der Waals surface area contributed by atoms with Crippen LogP contribution in [0.2, 0.25) is 10.0 Å². The molecule has 0 radical (unpaired) electrons. The van der Waals surface area contributed by atoms with Gasteiger partial charge in [0.05, 0.1) is 5.02 Å². The van der Waals surface area contributed by atoms with Gasteiger partial charge in [-0.2, -0.15) is 0 Å². The van der Waals surface area contributed by atoms with Gasteiger partial charge in [0.25, 0.3) is 0 Å². The number of halogens is 3. The number of ether oxygens (including phenoxy) is 1. The van der Waals surface area contributed by atoms with E-state index >= 15 is 0 Å². The molecule has 0 heterocycles. The summed E-state index contributed by atoms with van der Waals surface area (Å²) < 4.78 is 18.5. The summed E-state index contributed by atoms with van der Waals surface area (Å²) in [4.78, 5) is 0. The Kier molecular flexibility index (Phi) is 3.87. The van der Waals surface area contributed by atoms with Crippen molar-refractivity contribution in [3.05, 3.63) is 63.9 Å². The first-order valence-electron chi connectivity index (χ1n) is 4.98. The Labute approximate surface area is 109 Å². The number of benzene rings is 2. The minimum atomic E-state index is -0.341. The van der Waals surface area contributed by atoms with Crippen molar-refractivity contribution < 1.29 is 9.13 Å². The van der Waals surface area contributed by atoms with Crippen LogP contribution in [0.25, 0.3) is 0 Å². The number of hydrogen-bond acceptors (Lipinski definition) is 1. The van der Waals surface area contributed by atoms with E-state index in [9.17, 15) is 4.39 Å². The predicted octanol–water partition coefficient (Wildman–Crippen LogP) is 4.71. The predicted molar refractivity (Wildman–Crippen MR) is 67.2 cm³/mol. The molecule has 2 rings (SSSR count). The Hall–Kier alpha value is -1.25. The lowest BCUT2D eigenvalue weighted by atomic mass is 10.2. The van der Waals surface area contributed by atoms with Crippen LogP contribution in [-0.4, -0.2) is 0 Å². The van der Waals surface area contributed by atoms with Crippen molar-refractivity contribution in [2.75, 3.05) is 0 Å². The van der Waals surface area contributed by atoms with Crippen LogP contribution < -0.4 is 4.74 Å². The molecule has 2 aromatic rings. The third-order valence-corrected chi connectivity index (χ3v) is 2.91. The zero-order valence-electron chi connectivity index (χ0n) is 8.79. The zero-order valence-corrected chi connectivity index (χ0v) is 10.3. The van der Waals surface area contributed by atoms with Gasteiger partial charge in [-0.25, -0.2) is 4.39 Å². The highest BCUT2D eigenvalue weighted by molar-refractivity contribution is 6.32. The van der Waals surface area contributed by atoms with Crippen molar-refractivity contribution in [3.63, 3.8) is 0 Å². The molecule has 0 aliphatic carbocycles. The third-order valence-electron chi connectivity index (χ3n) is 2.23. The quantitative estimate of drug-likeness (QED) is 0.785. The molecular weight excluding hydrogens is 262 g/mol. The van der Waals surface area contributed by atoms with Crippen LogP contribution in [-0.2, 0) is 6.61 Å². The third kappa shape index (κ3) is 3.11. The monoisotopic (exact) mass is 270 g/mol. The minimum Gasteiger partial charge on any atom is -0.487 e. The van der Waals surface area contributed by atoms with E-state index in [1.165, 1.54) is 18.2 Å². The number of rotatable bonds is 3. The van der Waals surface area contributed by atoms with Gasteiger partial charge in [-0.1, -0.05) is 35.3 Å². The standard InChI is InChI=1S/C13H9Cl2FO/c14-11-6-5-10(16)7-9(11)8-17-13-4-2-1-3-12(13)15/h1-7H,8H2. The second kappa shape index (κ2) is 5.39. The van der Waals surface area contributed by atoms with Gasteiger partial charge in [0.2, 0.25) is 0 Å². The van der Waals surface area contributed by atoms with Crippen molar-refractivity contribution in [2.24, 2.45) is 0 Å². The van der Waals surface area contributed by atoms with E-state index in [2.05, 4.69) is 0 Å².